The quantitative estimate of drug-likeness (QED) is 0.905. The van der Waals surface area contributed by atoms with E-state index in [1.807, 2.05) is 26.0 Å². The first-order valence-electron chi connectivity index (χ1n) is 7.56. The smallest absolute Gasteiger partial charge is 0.130 e. The van der Waals surface area contributed by atoms with Gasteiger partial charge < -0.3 is 15.1 Å². The lowest BCUT2D eigenvalue weighted by Gasteiger charge is -2.22. The maximum atomic E-state index is 5.57. The highest BCUT2D eigenvalue weighted by Crippen LogP contribution is 2.25. The molecular weight excluding hydrogens is 264 g/mol. The van der Waals surface area contributed by atoms with E-state index < -0.39 is 0 Å². The molecule has 0 spiro atoms. The van der Waals surface area contributed by atoms with E-state index in [9.17, 15) is 0 Å². The molecule has 0 bridgehead atoms. The third kappa shape index (κ3) is 3.61. The fourth-order valence-corrected chi connectivity index (χ4v) is 2.77. The van der Waals surface area contributed by atoms with Gasteiger partial charge in [-0.3, -0.25) is 0 Å². The molecule has 2 aromatic rings. The summed E-state index contributed by atoms with van der Waals surface area (Å²) in [6.07, 6.45) is 2.29. The summed E-state index contributed by atoms with van der Waals surface area (Å²) in [7, 11) is 0. The van der Waals surface area contributed by atoms with E-state index in [-0.39, 0.29) is 0 Å². The Bertz CT molecular complexity index is 602. The van der Waals surface area contributed by atoms with Gasteiger partial charge in [-0.2, -0.15) is 0 Å². The van der Waals surface area contributed by atoms with E-state index in [1.165, 1.54) is 0 Å². The monoisotopic (exact) mass is 286 g/mol. The number of rotatable bonds is 4. The topological polar surface area (TPSA) is 63.0 Å². The SMILES string of the molecule is Cc1nc(NCc2ccc(C)o2)cc(C2CCNCC2)n1. The van der Waals surface area contributed by atoms with E-state index >= 15 is 0 Å². The molecule has 2 aromatic heterocycles. The normalized spacial score (nSPS) is 16.1. The fourth-order valence-electron chi connectivity index (χ4n) is 2.77. The van der Waals surface area contributed by atoms with Gasteiger partial charge in [0.25, 0.3) is 0 Å². The lowest BCUT2D eigenvalue weighted by molar-refractivity contribution is 0.452. The number of aromatic nitrogens is 2. The van der Waals surface area contributed by atoms with Crippen molar-refractivity contribution < 1.29 is 4.42 Å². The summed E-state index contributed by atoms with van der Waals surface area (Å²) in [4.78, 5) is 9.09. The molecule has 0 amide bonds. The van der Waals surface area contributed by atoms with Crippen molar-refractivity contribution in [2.75, 3.05) is 18.4 Å². The zero-order valence-corrected chi connectivity index (χ0v) is 12.6. The molecule has 2 N–H and O–H groups in total. The molecule has 5 nitrogen and oxygen atoms in total. The largest absolute Gasteiger partial charge is 0.465 e. The molecule has 0 unspecified atom stereocenters. The summed E-state index contributed by atoms with van der Waals surface area (Å²) < 4.78 is 5.57. The third-order valence-electron chi connectivity index (χ3n) is 3.85. The maximum Gasteiger partial charge on any atom is 0.130 e. The molecular formula is C16H22N4O. The summed E-state index contributed by atoms with van der Waals surface area (Å²) in [5, 5.41) is 6.73. The van der Waals surface area contributed by atoms with Crippen LogP contribution >= 0.6 is 0 Å². The number of piperidine rings is 1. The predicted octanol–water partition coefficient (Wildman–Crippen LogP) is 2.77. The van der Waals surface area contributed by atoms with E-state index in [0.717, 1.165) is 54.8 Å². The first-order valence-corrected chi connectivity index (χ1v) is 7.56. The highest BCUT2D eigenvalue weighted by atomic mass is 16.3. The summed E-state index contributed by atoms with van der Waals surface area (Å²) in [6.45, 7) is 6.70. The summed E-state index contributed by atoms with van der Waals surface area (Å²) in [6, 6.07) is 6.05. The van der Waals surface area contributed by atoms with Gasteiger partial charge in [0.1, 0.15) is 23.2 Å². The van der Waals surface area contributed by atoms with Crippen molar-refractivity contribution in [2.24, 2.45) is 0 Å². The van der Waals surface area contributed by atoms with Gasteiger partial charge in [0.05, 0.1) is 6.54 Å². The summed E-state index contributed by atoms with van der Waals surface area (Å²) in [5.41, 5.74) is 1.15. The van der Waals surface area contributed by atoms with Crippen molar-refractivity contribution in [3.05, 3.63) is 41.2 Å². The number of hydrogen-bond acceptors (Lipinski definition) is 5. The van der Waals surface area contributed by atoms with Crippen LogP contribution in [0, 0.1) is 13.8 Å². The molecule has 21 heavy (non-hydrogen) atoms. The molecule has 3 rings (SSSR count). The van der Waals surface area contributed by atoms with Crippen molar-refractivity contribution in [3.8, 4) is 0 Å². The number of hydrogen-bond donors (Lipinski definition) is 2. The molecule has 3 heterocycles. The standard InChI is InChI=1S/C16H22N4O/c1-11-3-4-14(21-11)10-18-16-9-15(19-12(2)20-16)13-5-7-17-8-6-13/h3-4,9,13,17H,5-8,10H2,1-2H3,(H,18,19,20). The van der Waals surface area contributed by atoms with Crippen LogP contribution in [0.5, 0.6) is 0 Å². The number of furan rings is 1. The van der Waals surface area contributed by atoms with Crippen LogP contribution in [0.3, 0.4) is 0 Å². The van der Waals surface area contributed by atoms with E-state index in [2.05, 4.69) is 26.7 Å². The van der Waals surface area contributed by atoms with Gasteiger partial charge in [-0.15, -0.1) is 0 Å². The zero-order chi connectivity index (χ0) is 14.7. The predicted molar refractivity (Wildman–Crippen MR) is 82.4 cm³/mol. The van der Waals surface area contributed by atoms with E-state index in [1.54, 1.807) is 0 Å². The second-order valence-corrected chi connectivity index (χ2v) is 5.62. The first kappa shape index (κ1) is 14.1. The van der Waals surface area contributed by atoms with Crippen LogP contribution in [0.4, 0.5) is 5.82 Å². The molecule has 5 heteroatoms. The Balaban J connectivity index is 1.71. The highest BCUT2D eigenvalue weighted by Gasteiger charge is 2.17. The second kappa shape index (κ2) is 6.26. The molecule has 1 aliphatic rings. The number of anilines is 1. The van der Waals surface area contributed by atoms with Crippen LogP contribution in [0.15, 0.2) is 22.6 Å². The van der Waals surface area contributed by atoms with Crippen LogP contribution < -0.4 is 10.6 Å². The van der Waals surface area contributed by atoms with Gasteiger partial charge >= 0.3 is 0 Å². The molecule has 0 aliphatic carbocycles. The van der Waals surface area contributed by atoms with Crippen LogP contribution in [0.1, 0.15) is 41.8 Å². The van der Waals surface area contributed by atoms with Gasteiger partial charge in [0.15, 0.2) is 0 Å². The average molecular weight is 286 g/mol. The minimum Gasteiger partial charge on any atom is -0.465 e. The zero-order valence-electron chi connectivity index (χ0n) is 12.6. The minimum atomic E-state index is 0.541. The van der Waals surface area contributed by atoms with Crippen molar-refractivity contribution in [1.82, 2.24) is 15.3 Å². The van der Waals surface area contributed by atoms with Gasteiger partial charge in [0, 0.05) is 17.7 Å². The Morgan fingerprint density at radius 3 is 2.76 bits per heavy atom. The Hall–Kier alpha value is -1.88. The van der Waals surface area contributed by atoms with Crippen LogP contribution in [-0.2, 0) is 6.54 Å². The number of nitrogens with zero attached hydrogens (tertiary/aromatic N) is 2. The third-order valence-corrected chi connectivity index (χ3v) is 3.85. The van der Waals surface area contributed by atoms with Gasteiger partial charge in [-0.1, -0.05) is 0 Å². The molecule has 112 valence electrons. The molecule has 0 radical (unpaired) electrons. The molecule has 1 saturated heterocycles. The van der Waals surface area contributed by atoms with E-state index in [0.29, 0.717) is 12.5 Å². The van der Waals surface area contributed by atoms with E-state index in [4.69, 9.17) is 4.42 Å². The van der Waals surface area contributed by atoms with Crippen molar-refractivity contribution in [1.29, 1.82) is 0 Å². The Morgan fingerprint density at radius 1 is 1.24 bits per heavy atom. The fraction of sp³-hybridized carbons (Fsp3) is 0.500. The molecule has 1 aliphatic heterocycles. The Kier molecular flexibility index (Phi) is 4.20. The Morgan fingerprint density at radius 2 is 2.05 bits per heavy atom. The maximum absolute atomic E-state index is 5.57. The van der Waals surface area contributed by atoms with Crippen LogP contribution in [0.25, 0.3) is 0 Å². The van der Waals surface area contributed by atoms with Gasteiger partial charge in [-0.25, -0.2) is 9.97 Å². The minimum absolute atomic E-state index is 0.541. The number of nitrogens with one attached hydrogen (secondary N) is 2. The summed E-state index contributed by atoms with van der Waals surface area (Å²) in [5.74, 6) is 4.10. The Labute approximate surface area is 125 Å². The average Bonchev–Trinajstić information content (AvgIpc) is 2.91. The molecule has 0 atom stereocenters. The number of aryl methyl sites for hydroxylation is 2. The lowest BCUT2D eigenvalue weighted by atomic mass is 9.94. The molecule has 0 saturated carbocycles. The lowest BCUT2D eigenvalue weighted by Crippen LogP contribution is -2.27. The molecule has 1 fully saturated rings. The second-order valence-electron chi connectivity index (χ2n) is 5.62. The highest BCUT2D eigenvalue weighted by molar-refractivity contribution is 5.37. The van der Waals surface area contributed by atoms with Gasteiger partial charge in [0.2, 0.25) is 0 Å². The van der Waals surface area contributed by atoms with Crippen molar-refractivity contribution in [2.45, 2.75) is 39.2 Å². The first-order chi connectivity index (χ1) is 10.2. The van der Waals surface area contributed by atoms with Crippen molar-refractivity contribution >= 4 is 5.82 Å². The van der Waals surface area contributed by atoms with Crippen LogP contribution in [-0.4, -0.2) is 23.1 Å². The van der Waals surface area contributed by atoms with Gasteiger partial charge in [-0.05, 0) is 51.9 Å². The van der Waals surface area contributed by atoms with Crippen LogP contribution in [0.2, 0.25) is 0 Å². The summed E-state index contributed by atoms with van der Waals surface area (Å²) >= 11 is 0. The van der Waals surface area contributed by atoms with Crippen molar-refractivity contribution in [3.63, 3.8) is 0 Å². The molecule has 0 aromatic carbocycles.